The molecule has 1 rings (SSSR count). The summed E-state index contributed by atoms with van der Waals surface area (Å²) < 4.78 is 5.71. The average molecular weight is 224 g/mol. The summed E-state index contributed by atoms with van der Waals surface area (Å²) in [6, 6.07) is 0. The molecular formula is C12H20N2O2. The number of hydrogen-bond donors (Lipinski definition) is 2. The smallest absolute Gasteiger partial charge is 0.249 e. The van der Waals surface area contributed by atoms with Gasteiger partial charge in [0.15, 0.2) is 0 Å². The van der Waals surface area contributed by atoms with Crippen LogP contribution in [0.3, 0.4) is 0 Å². The summed E-state index contributed by atoms with van der Waals surface area (Å²) in [5.41, 5.74) is 5.65. The Kier molecular flexibility index (Phi) is 5.30. The zero-order chi connectivity index (χ0) is 12.0. The van der Waals surface area contributed by atoms with Crippen LogP contribution in [0.5, 0.6) is 0 Å². The Labute approximate surface area is 96.9 Å². The molecule has 0 radical (unpaired) electrons. The molecule has 16 heavy (non-hydrogen) atoms. The maximum atomic E-state index is 11.5. The van der Waals surface area contributed by atoms with E-state index in [1.165, 1.54) is 0 Å². The molecule has 0 aromatic rings. The molecule has 1 fully saturated rings. The van der Waals surface area contributed by atoms with E-state index in [9.17, 15) is 4.79 Å². The van der Waals surface area contributed by atoms with Crippen molar-refractivity contribution in [3.8, 4) is 12.3 Å². The van der Waals surface area contributed by atoms with Crippen LogP contribution >= 0.6 is 0 Å². The van der Waals surface area contributed by atoms with E-state index in [0.29, 0.717) is 12.5 Å². The zero-order valence-electron chi connectivity index (χ0n) is 9.74. The van der Waals surface area contributed by atoms with Gasteiger partial charge >= 0.3 is 0 Å². The van der Waals surface area contributed by atoms with Gasteiger partial charge in [-0.05, 0) is 32.2 Å². The Morgan fingerprint density at radius 2 is 2.44 bits per heavy atom. The van der Waals surface area contributed by atoms with Gasteiger partial charge in [-0.2, -0.15) is 0 Å². The number of terminal acetylenes is 1. The summed E-state index contributed by atoms with van der Waals surface area (Å²) in [6.45, 7) is 2.62. The third-order valence-electron chi connectivity index (χ3n) is 3.00. The predicted molar refractivity (Wildman–Crippen MR) is 62.6 cm³/mol. The maximum absolute atomic E-state index is 11.5. The van der Waals surface area contributed by atoms with Crippen LogP contribution in [-0.2, 0) is 9.53 Å². The number of carbonyl (C=O) groups excluding carboxylic acids is 1. The lowest BCUT2D eigenvalue weighted by Crippen LogP contribution is -2.38. The number of nitrogens with two attached hydrogens (primary N) is 1. The highest BCUT2D eigenvalue weighted by Crippen LogP contribution is 2.28. The van der Waals surface area contributed by atoms with Gasteiger partial charge in [0.1, 0.15) is 6.10 Å². The van der Waals surface area contributed by atoms with Crippen LogP contribution in [0.25, 0.3) is 0 Å². The molecule has 1 aliphatic rings. The molecule has 90 valence electrons. The summed E-state index contributed by atoms with van der Waals surface area (Å²) >= 11 is 0. The van der Waals surface area contributed by atoms with Crippen molar-refractivity contribution in [1.29, 1.82) is 0 Å². The van der Waals surface area contributed by atoms with E-state index < -0.39 is 6.10 Å². The Bertz CT molecular complexity index is 273. The molecule has 0 aliphatic heterocycles. The summed E-state index contributed by atoms with van der Waals surface area (Å²) in [7, 11) is 0. The molecule has 1 amide bonds. The van der Waals surface area contributed by atoms with Gasteiger partial charge in [0, 0.05) is 0 Å². The third-order valence-corrected chi connectivity index (χ3v) is 3.00. The van der Waals surface area contributed by atoms with Crippen molar-refractivity contribution in [3.05, 3.63) is 0 Å². The molecule has 0 bridgehead atoms. The second-order valence-electron chi connectivity index (χ2n) is 4.17. The quantitative estimate of drug-likeness (QED) is 0.659. The second-order valence-corrected chi connectivity index (χ2v) is 4.17. The number of carbonyl (C=O) groups is 1. The molecule has 0 saturated heterocycles. The van der Waals surface area contributed by atoms with Gasteiger partial charge in [-0.25, -0.2) is 0 Å². The van der Waals surface area contributed by atoms with E-state index in [1.54, 1.807) is 6.92 Å². The van der Waals surface area contributed by atoms with E-state index in [4.69, 9.17) is 16.9 Å². The SMILES string of the molecule is C#CCNC(=O)C(C)OC1CCCC1CN. The van der Waals surface area contributed by atoms with Crippen LogP contribution < -0.4 is 11.1 Å². The molecule has 4 nitrogen and oxygen atoms in total. The Hall–Kier alpha value is -1.05. The van der Waals surface area contributed by atoms with Crippen LogP contribution in [0.15, 0.2) is 0 Å². The first-order valence-electron chi connectivity index (χ1n) is 5.75. The van der Waals surface area contributed by atoms with Gasteiger partial charge in [-0.15, -0.1) is 6.42 Å². The highest BCUT2D eigenvalue weighted by molar-refractivity contribution is 5.80. The van der Waals surface area contributed by atoms with Gasteiger partial charge in [0.2, 0.25) is 5.91 Å². The van der Waals surface area contributed by atoms with Crippen LogP contribution in [0.4, 0.5) is 0 Å². The molecule has 3 unspecified atom stereocenters. The second kappa shape index (κ2) is 6.51. The van der Waals surface area contributed by atoms with E-state index in [0.717, 1.165) is 19.3 Å². The van der Waals surface area contributed by atoms with Crippen LogP contribution in [0.2, 0.25) is 0 Å². The highest BCUT2D eigenvalue weighted by atomic mass is 16.5. The summed E-state index contributed by atoms with van der Waals surface area (Å²) in [4.78, 5) is 11.5. The molecule has 4 heteroatoms. The Morgan fingerprint density at radius 3 is 3.06 bits per heavy atom. The molecule has 1 aliphatic carbocycles. The number of rotatable bonds is 5. The van der Waals surface area contributed by atoms with Gasteiger partial charge in [0.25, 0.3) is 0 Å². The fourth-order valence-electron chi connectivity index (χ4n) is 2.06. The first-order valence-corrected chi connectivity index (χ1v) is 5.75. The first-order chi connectivity index (χ1) is 7.69. The fourth-order valence-corrected chi connectivity index (χ4v) is 2.06. The average Bonchev–Trinajstić information content (AvgIpc) is 2.72. The van der Waals surface area contributed by atoms with Crippen LogP contribution in [0, 0.1) is 18.3 Å². The first kappa shape index (κ1) is 13.0. The van der Waals surface area contributed by atoms with Crippen molar-refractivity contribution in [3.63, 3.8) is 0 Å². The van der Waals surface area contributed by atoms with Crippen LogP contribution in [-0.4, -0.2) is 31.2 Å². The van der Waals surface area contributed by atoms with E-state index in [1.807, 2.05) is 0 Å². The lowest BCUT2D eigenvalue weighted by molar-refractivity contribution is -0.136. The maximum Gasteiger partial charge on any atom is 0.249 e. The lowest BCUT2D eigenvalue weighted by atomic mass is 10.1. The minimum Gasteiger partial charge on any atom is -0.365 e. The third kappa shape index (κ3) is 3.51. The van der Waals surface area contributed by atoms with E-state index in [-0.39, 0.29) is 18.6 Å². The molecule has 0 aromatic heterocycles. The summed E-state index contributed by atoms with van der Waals surface area (Å²) in [6.07, 6.45) is 7.95. The number of amides is 1. The summed E-state index contributed by atoms with van der Waals surface area (Å²) in [5.74, 6) is 2.60. The molecule has 0 heterocycles. The van der Waals surface area contributed by atoms with Gasteiger partial charge < -0.3 is 15.8 Å². The number of ether oxygens (including phenoxy) is 1. The van der Waals surface area contributed by atoms with Gasteiger partial charge in [0.05, 0.1) is 12.6 Å². The van der Waals surface area contributed by atoms with Crippen LogP contribution in [0.1, 0.15) is 26.2 Å². The minimum atomic E-state index is -0.453. The molecule has 3 atom stereocenters. The van der Waals surface area contributed by atoms with Crippen molar-refractivity contribution >= 4 is 5.91 Å². The largest absolute Gasteiger partial charge is 0.365 e. The lowest BCUT2D eigenvalue weighted by Gasteiger charge is -2.22. The fraction of sp³-hybridized carbons (Fsp3) is 0.750. The van der Waals surface area contributed by atoms with Crippen molar-refractivity contribution in [2.24, 2.45) is 11.7 Å². The topological polar surface area (TPSA) is 64.3 Å². The molecule has 1 saturated carbocycles. The Balaban J connectivity index is 2.35. The zero-order valence-corrected chi connectivity index (χ0v) is 9.74. The number of nitrogens with one attached hydrogen (secondary N) is 1. The van der Waals surface area contributed by atoms with Crippen molar-refractivity contribution in [1.82, 2.24) is 5.32 Å². The standard InChI is InChI=1S/C12H20N2O2/c1-3-7-14-12(15)9(2)16-11-6-4-5-10(11)8-13/h1,9-11H,4-8,13H2,2H3,(H,14,15). The predicted octanol–water partition coefficient (Wildman–Crippen LogP) is 0.268. The molecule has 0 aromatic carbocycles. The van der Waals surface area contributed by atoms with Gasteiger partial charge in [-0.1, -0.05) is 12.3 Å². The Morgan fingerprint density at radius 1 is 1.69 bits per heavy atom. The van der Waals surface area contributed by atoms with E-state index in [2.05, 4.69) is 11.2 Å². The van der Waals surface area contributed by atoms with Crippen molar-refractivity contribution in [2.75, 3.05) is 13.1 Å². The number of hydrogen-bond acceptors (Lipinski definition) is 3. The van der Waals surface area contributed by atoms with Crippen molar-refractivity contribution in [2.45, 2.75) is 38.4 Å². The monoisotopic (exact) mass is 224 g/mol. The van der Waals surface area contributed by atoms with Crippen molar-refractivity contribution < 1.29 is 9.53 Å². The minimum absolute atomic E-state index is 0.122. The molecule has 0 spiro atoms. The molecular weight excluding hydrogens is 204 g/mol. The normalized spacial score (nSPS) is 26.1. The highest BCUT2D eigenvalue weighted by Gasteiger charge is 2.29. The van der Waals surface area contributed by atoms with Gasteiger partial charge in [-0.3, -0.25) is 4.79 Å². The van der Waals surface area contributed by atoms with E-state index >= 15 is 0 Å². The molecule has 3 N–H and O–H groups in total. The summed E-state index contributed by atoms with van der Waals surface area (Å²) in [5, 5.41) is 2.61.